The molecule has 2 amide bonds. The number of aromatic nitrogens is 1. The molecule has 1 aromatic carbocycles. The average Bonchev–Trinajstić information content (AvgIpc) is 3.08. The molecule has 0 fully saturated rings. The zero-order valence-corrected chi connectivity index (χ0v) is 14.0. The van der Waals surface area contributed by atoms with E-state index in [-0.39, 0.29) is 12.1 Å². The predicted molar refractivity (Wildman–Crippen MR) is 91.6 cm³/mol. The van der Waals surface area contributed by atoms with E-state index < -0.39 is 0 Å². The fourth-order valence-electron chi connectivity index (χ4n) is 2.94. The number of urea groups is 1. The zero-order valence-electron chi connectivity index (χ0n) is 14.0. The van der Waals surface area contributed by atoms with E-state index in [0.29, 0.717) is 18.9 Å². The first kappa shape index (κ1) is 16.2. The van der Waals surface area contributed by atoms with Gasteiger partial charge in [-0.2, -0.15) is 0 Å². The number of fused-ring (bicyclic) bond motifs is 1. The van der Waals surface area contributed by atoms with E-state index in [0.717, 1.165) is 29.8 Å². The Morgan fingerprint density at radius 3 is 2.92 bits per heavy atom. The Bertz CT molecular complexity index is 698. The number of nitrogens with one attached hydrogen (secondary N) is 2. The Morgan fingerprint density at radius 2 is 2.17 bits per heavy atom. The molecule has 0 aliphatic carbocycles. The van der Waals surface area contributed by atoms with Crippen molar-refractivity contribution in [3.63, 3.8) is 0 Å². The minimum Gasteiger partial charge on any atom is -0.493 e. The minimum atomic E-state index is -0.166. The van der Waals surface area contributed by atoms with Crippen LogP contribution in [0.4, 0.5) is 4.79 Å². The van der Waals surface area contributed by atoms with E-state index >= 15 is 0 Å². The van der Waals surface area contributed by atoms with Crippen molar-refractivity contribution in [3.05, 3.63) is 47.8 Å². The minimum absolute atomic E-state index is 0.0749. The number of benzene rings is 1. The van der Waals surface area contributed by atoms with Gasteiger partial charge in [-0.25, -0.2) is 4.79 Å². The number of carbonyl (C=O) groups is 1. The Morgan fingerprint density at radius 1 is 1.38 bits per heavy atom. The average molecular weight is 329 g/mol. The predicted octanol–water partition coefficient (Wildman–Crippen LogP) is 2.63. The molecular weight excluding hydrogens is 306 g/mol. The molecule has 0 spiro atoms. The first-order valence-corrected chi connectivity index (χ1v) is 8.14. The second kappa shape index (κ2) is 7.29. The van der Waals surface area contributed by atoms with Crippen molar-refractivity contribution in [1.29, 1.82) is 0 Å². The third-order valence-electron chi connectivity index (χ3n) is 4.10. The number of hydrogen-bond acceptors (Lipinski definition) is 3. The molecular formula is C18H23N3O3. The molecule has 1 aliphatic rings. The molecule has 2 N–H and O–H groups in total. The van der Waals surface area contributed by atoms with Crippen molar-refractivity contribution in [2.45, 2.75) is 25.9 Å². The van der Waals surface area contributed by atoms with Gasteiger partial charge in [-0.1, -0.05) is 6.07 Å². The molecule has 24 heavy (non-hydrogen) atoms. The summed E-state index contributed by atoms with van der Waals surface area (Å²) in [6.07, 6.45) is 4.69. The Labute approximate surface area is 141 Å². The van der Waals surface area contributed by atoms with Crippen LogP contribution in [0.2, 0.25) is 0 Å². The van der Waals surface area contributed by atoms with Crippen molar-refractivity contribution in [1.82, 2.24) is 15.2 Å². The highest BCUT2D eigenvalue weighted by Gasteiger charge is 2.26. The topological polar surface area (TPSA) is 64.5 Å². The Hall–Kier alpha value is -2.63. The van der Waals surface area contributed by atoms with E-state index in [1.807, 2.05) is 48.1 Å². The van der Waals surface area contributed by atoms with Crippen LogP contribution in [0.5, 0.6) is 11.5 Å². The molecule has 3 rings (SSSR count). The van der Waals surface area contributed by atoms with Gasteiger partial charge in [-0.3, -0.25) is 0 Å². The fraction of sp³-hybridized carbons (Fsp3) is 0.389. The largest absolute Gasteiger partial charge is 0.493 e. The highest BCUT2D eigenvalue weighted by molar-refractivity contribution is 5.74. The quantitative estimate of drug-likeness (QED) is 0.886. The Balaban J connectivity index is 1.62. The molecule has 128 valence electrons. The first-order valence-electron chi connectivity index (χ1n) is 8.14. The lowest BCUT2D eigenvalue weighted by Gasteiger charge is -2.28. The van der Waals surface area contributed by atoms with Gasteiger partial charge in [0.15, 0.2) is 11.5 Å². The maximum Gasteiger partial charge on any atom is 0.315 e. The summed E-state index contributed by atoms with van der Waals surface area (Å²) < 4.78 is 13.2. The highest BCUT2D eigenvalue weighted by atomic mass is 16.5. The second-order valence-corrected chi connectivity index (χ2v) is 5.90. The molecule has 6 nitrogen and oxygen atoms in total. The lowest BCUT2D eigenvalue weighted by molar-refractivity contribution is 0.219. The van der Waals surface area contributed by atoms with Crippen LogP contribution in [0.15, 0.2) is 36.7 Å². The second-order valence-electron chi connectivity index (χ2n) is 5.90. The SMILES string of the molecule is COc1cc(C)cc2c1OCC[C@@H]2NC(=O)NCCn1cccc1. The fourth-order valence-corrected chi connectivity index (χ4v) is 2.94. The molecule has 0 radical (unpaired) electrons. The Kier molecular flexibility index (Phi) is 4.93. The lowest BCUT2D eigenvalue weighted by atomic mass is 9.98. The van der Waals surface area contributed by atoms with E-state index in [4.69, 9.17) is 9.47 Å². The van der Waals surface area contributed by atoms with Crippen molar-refractivity contribution in [2.24, 2.45) is 0 Å². The van der Waals surface area contributed by atoms with Crippen LogP contribution in [0, 0.1) is 6.92 Å². The van der Waals surface area contributed by atoms with Gasteiger partial charge in [0.1, 0.15) is 0 Å². The third kappa shape index (κ3) is 3.64. The molecule has 2 aromatic rings. The van der Waals surface area contributed by atoms with Gasteiger partial charge in [0, 0.05) is 37.5 Å². The van der Waals surface area contributed by atoms with Crippen LogP contribution in [0.1, 0.15) is 23.6 Å². The number of aryl methyl sites for hydroxylation is 1. The molecule has 2 heterocycles. The summed E-state index contributed by atoms with van der Waals surface area (Å²) in [5.74, 6) is 1.44. The number of carbonyl (C=O) groups excluding carboxylic acids is 1. The number of hydrogen-bond donors (Lipinski definition) is 2. The maximum absolute atomic E-state index is 12.2. The highest BCUT2D eigenvalue weighted by Crippen LogP contribution is 2.40. The number of nitrogens with zero attached hydrogens (tertiary/aromatic N) is 1. The summed E-state index contributed by atoms with van der Waals surface area (Å²) in [4.78, 5) is 12.2. The monoisotopic (exact) mass is 329 g/mol. The van der Waals surface area contributed by atoms with Gasteiger partial charge in [-0.15, -0.1) is 0 Å². The summed E-state index contributed by atoms with van der Waals surface area (Å²) >= 11 is 0. The van der Waals surface area contributed by atoms with Crippen molar-refractivity contribution in [3.8, 4) is 11.5 Å². The molecule has 1 aromatic heterocycles. The van der Waals surface area contributed by atoms with Crippen molar-refractivity contribution < 1.29 is 14.3 Å². The van der Waals surface area contributed by atoms with E-state index in [1.165, 1.54) is 0 Å². The third-order valence-corrected chi connectivity index (χ3v) is 4.10. The van der Waals surface area contributed by atoms with E-state index in [9.17, 15) is 4.79 Å². The van der Waals surface area contributed by atoms with Gasteiger partial charge in [0.05, 0.1) is 19.8 Å². The van der Waals surface area contributed by atoms with Crippen LogP contribution < -0.4 is 20.1 Å². The van der Waals surface area contributed by atoms with Gasteiger partial charge >= 0.3 is 6.03 Å². The van der Waals surface area contributed by atoms with Crippen molar-refractivity contribution >= 4 is 6.03 Å². The summed E-state index contributed by atoms with van der Waals surface area (Å²) in [5, 5.41) is 5.94. The van der Waals surface area contributed by atoms with Crippen LogP contribution >= 0.6 is 0 Å². The number of methoxy groups -OCH3 is 1. The summed E-state index contributed by atoms with van der Waals surface area (Å²) in [7, 11) is 1.63. The van der Waals surface area contributed by atoms with E-state index in [2.05, 4.69) is 10.6 Å². The number of amides is 2. The van der Waals surface area contributed by atoms with Gasteiger partial charge in [-0.05, 0) is 30.7 Å². The standard InChI is InChI=1S/C18H23N3O3/c1-13-11-14-15(5-10-24-17(14)16(12-13)23-2)20-18(22)19-6-9-21-7-3-4-8-21/h3-4,7-8,11-12,15H,5-6,9-10H2,1-2H3,(H2,19,20,22)/t15-/m0/s1. The summed E-state index contributed by atoms with van der Waals surface area (Å²) in [5.41, 5.74) is 2.05. The molecule has 0 saturated carbocycles. The van der Waals surface area contributed by atoms with E-state index in [1.54, 1.807) is 7.11 Å². The smallest absolute Gasteiger partial charge is 0.315 e. The van der Waals surface area contributed by atoms with Crippen LogP contribution in [-0.4, -0.2) is 30.9 Å². The number of ether oxygens (including phenoxy) is 2. The summed E-state index contributed by atoms with van der Waals surface area (Å²) in [6, 6.07) is 7.68. The molecule has 1 atom stereocenters. The van der Waals surface area contributed by atoms with Gasteiger partial charge in [0.25, 0.3) is 0 Å². The van der Waals surface area contributed by atoms with Gasteiger partial charge in [0.2, 0.25) is 0 Å². The first-order chi connectivity index (χ1) is 11.7. The normalized spacial score (nSPS) is 16.0. The van der Waals surface area contributed by atoms with Crippen LogP contribution in [0.3, 0.4) is 0 Å². The molecule has 0 bridgehead atoms. The van der Waals surface area contributed by atoms with Crippen molar-refractivity contribution in [2.75, 3.05) is 20.3 Å². The molecule has 0 saturated heterocycles. The molecule has 6 heteroatoms. The summed E-state index contributed by atoms with van der Waals surface area (Å²) in [6.45, 7) is 3.89. The molecule has 0 unspecified atom stereocenters. The van der Waals surface area contributed by atoms with Crippen LogP contribution in [-0.2, 0) is 6.54 Å². The number of rotatable bonds is 5. The lowest BCUT2D eigenvalue weighted by Crippen LogP contribution is -2.40. The van der Waals surface area contributed by atoms with Crippen LogP contribution in [0.25, 0.3) is 0 Å². The van der Waals surface area contributed by atoms with Gasteiger partial charge < -0.3 is 24.7 Å². The molecule has 1 aliphatic heterocycles. The zero-order chi connectivity index (χ0) is 16.9. The maximum atomic E-state index is 12.2.